The molecule has 3 aromatic rings. The first-order valence-corrected chi connectivity index (χ1v) is 9.75. The van der Waals surface area contributed by atoms with Crippen LogP contribution in [-0.2, 0) is 17.8 Å². The van der Waals surface area contributed by atoms with Crippen LogP contribution in [0.2, 0.25) is 0 Å². The van der Waals surface area contributed by atoms with Crippen LogP contribution in [0.4, 0.5) is 5.69 Å². The van der Waals surface area contributed by atoms with Gasteiger partial charge < -0.3 is 4.74 Å². The molecule has 0 saturated heterocycles. The summed E-state index contributed by atoms with van der Waals surface area (Å²) in [5.74, 6) is 0.487. The summed E-state index contributed by atoms with van der Waals surface area (Å²) in [7, 11) is 0. The number of hydrogen-bond donors (Lipinski definition) is 1. The van der Waals surface area contributed by atoms with Crippen molar-refractivity contribution in [2.24, 2.45) is 5.10 Å². The molecule has 0 aromatic heterocycles. The Kier molecular flexibility index (Phi) is 7.11. The molecular formula is C24H23N3O4. The Morgan fingerprint density at radius 2 is 1.77 bits per heavy atom. The molecule has 0 fully saturated rings. The van der Waals surface area contributed by atoms with Crippen molar-refractivity contribution >= 4 is 17.8 Å². The Hall–Kier alpha value is -4.00. The van der Waals surface area contributed by atoms with E-state index in [2.05, 4.69) is 16.6 Å². The number of carbonyl (C=O) groups excluding carboxylic acids is 1. The third kappa shape index (κ3) is 6.50. The van der Waals surface area contributed by atoms with Gasteiger partial charge in [0.05, 0.1) is 17.6 Å². The smallest absolute Gasteiger partial charge is 0.269 e. The topological polar surface area (TPSA) is 93.8 Å². The fraction of sp³-hybridized carbons (Fsp3) is 0.167. The summed E-state index contributed by atoms with van der Waals surface area (Å²) in [6.45, 7) is 4.32. The number of ether oxygens (including phenoxy) is 1. The monoisotopic (exact) mass is 417 g/mol. The Bertz CT molecular complexity index is 1090. The molecule has 0 spiro atoms. The van der Waals surface area contributed by atoms with E-state index in [1.165, 1.54) is 17.7 Å². The maximum Gasteiger partial charge on any atom is 0.269 e. The normalized spacial score (nSPS) is 10.8. The minimum atomic E-state index is -0.434. The van der Waals surface area contributed by atoms with E-state index in [0.717, 1.165) is 22.3 Å². The summed E-state index contributed by atoms with van der Waals surface area (Å²) in [5.41, 5.74) is 7.48. The van der Waals surface area contributed by atoms with Gasteiger partial charge in [0.1, 0.15) is 12.4 Å². The van der Waals surface area contributed by atoms with Gasteiger partial charge in [-0.05, 0) is 72.5 Å². The van der Waals surface area contributed by atoms with E-state index < -0.39 is 4.92 Å². The fourth-order valence-corrected chi connectivity index (χ4v) is 2.97. The van der Waals surface area contributed by atoms with E-state index in [-0.39, 0.29) is 18.0 Å². The molecule has 1 N–H and O–H groups in total. The van der Waals surface area contributed by atoms with Gasteiger partial charge in [0.25, 0.3) is 5.69 Å². The van der Waals surface area contributed by atoms with Crippen molar-refractivity contribution in [1.29, 1.82) is 0 Å². The van der Waals surface area contributed by atoms with Crippen LogP contribution in [0.15, 0.2) is 71.8 Å². The number of nitrogens with zero attached hydrogens (tertiary/aromatic N) is 2. The van der Waals surface area contributed by atoms with Crippen LogP contribution >= 0.6 is 0 Å². The summed E-state index contributed by atoms with van der Waals surface area (Å²) < 4.78 is 5.69. The van der Waals surface area contributed by atoms with Crippen molar-refractivity contribution in [1.82, 2.24) is 5.43 Å². The molecule has 7 heteroatoms. The molecule has 7 nitrogen and oxygen atoms in total. The molecule has 31 heavy (non-hydrogen) atoms. The molecule has 0 saturated carbocycles. The van der Waals surface area contributed by atoms with Crippen LogP contribution < -0.4 is 10.2 Å². The average Bonchev–Trinajstić information content (AvgIpc) is 2.75. The predicted octanol–water partition coefficient (Wildman–Crippen LogP) is 4.48. The van der Waals surface area contributed by atoms with Crippen LogP contribution in [0.5, 0.6) is 5.75 Å². The highest BCUT2D eigenvalue weighted by Crippen LogP contribution is 2.16. The van der Waals surface area contributed by atoms with Gasteiger partial charge in [-0.1, -0.05) is 23.8 Å². The number of nitrogens with one attached hydrogen (secondary N) is 1. The predicted molar refractivity (Wildman–Crippen MR) is 119 cm³/mol. The lowest BCUT2D eigenvalue weighted by Crippen LogP contribution is -2.20. The highest BCUT2D eigenvalue weighted by molar-refractivity contribution is 5.83. The highest BCUT2D eigenvalue weighted by atomic mass is 16.6. The number of hydrogen-bond acceptors (Lipinski definition) is 5. The van der Waals surface area contributed by atoms with E-state index in [4.69, 9.17) is 4.74 Å². The molecule has 0 aliphatic rings. The van der Waals surface area contributed by atoms with E-state index in [1.807, 2.05) is 38.1 Å². The molecule has 0 unspecified atom stereocenters. The zero-order chi connectivity index (χ0) is 22.2. The van der Waals surface area contributed by atoms with Gasteiger partial charge in [0.2, 0.25) is 5.91 Å². The zero-order valence-corrected chi connectivity index (χ0v) is 17.4. The van der Waals surface area contributed by atoms with Crippen molar-refractivity contribution in [2.45, 2.75) is 26.9 Å². The fourth-order valence-electron chi connectivity index (χ4n) is 2.97. The molecule has 158 valence electrons. The van der Waals surface area contributed by atoms with Crippen molar-refractivity contribution in [3.05, 3.63) is 105 Å². The summed E-state index contributed by atoms with van der Waals surface area (Å²) >= 11 is 0. The van der Waals surface area contributed by atoms with Gasteiger partial charge in [-0.15, -0.1) is 0 Å². The van der Waals surface area contributed by atoms with Gasteiger partial charge in [0, 0.05) is 12.1 Å². The minimum Gasteiger partial charge on any atom is -0.489 e. The second-order valence-corrected chi connectivity index (χ2v) is 7.18. The lowest BCUT2D eigenvalue weighted by atomic mass is 10.0. The minimum absolute atomic E-state index is 0.0495. The Morgan fingerprint density at radius 1 is 1.06 bits per heavy atom. The molecule has 0 aliphatic heterocycles. The number of hydrazone groups is 1. The quantitative estimate of drug-likeness (QED) is 0.332. The first kappa shape index (κ1) is 21.7. The SMILES string of the molecule is Cc1ccc(CC(=O)N/N=C/c2ccc(OCc3ccc([N+](=O)[O-])cc3)cc2)c(C)c1. The van der Waals surface area contributed by atoms with Gasteiger partial charge in [-0.2, -0.15) is 5.10 Å². The van der Waals surface area contributed by atoms with Gasteiger partial charge in [0.15, 0.2) is 0 Å². The van der Waals surface area contributed by atoms with E-state index >= 15 is 0 Å². The number of carbonyl (C=O) groups is 1. The van der Waals surface area contributed by atoms with Crippen LogP contribution in [0, 0.1) is 24.0 Å². The van der Waals surface area contributed by atoms with Gasteiger partial charge in [-0.25, -0.2) is 5.43 Å². The van der Waals surface area contributed by atoms with Crippen LogP contribution in [-0.4, -0.2) is 17.0 Å². The Labute approximate surface area is 180 Å². The number of non-ortho nitro benzene ring substituents is 1. The first-order valence-electron chi connectivity index (χ1n) is 9.75. The largest absolute Gasteiger partial charge is 0.489 e. The standard InChI is InChI=1S/C24H23N3O4/c1-17-3-8-21(18(2)13-17)14-24(28)26-25-15-19-6-11-23(12-7-19)31-16-20-4-9-22(10-5-20)27(29)30/h3-13,15H,14,16H2,1-2H3,(H,26,28)/b25-15+. The summed E-state index contributed by atoms with van der Waals surface area (Å²) in [6.07, 6.45) is 1.85. The first-order chi connectivity index (χ1) is 14.9. The lowest BCUT2D eigenvalue weighted by Gasteiger charge is -2.07. The molecule has 0 heterocycles. The van der Waals surface area contributed by atoms with Crippen molar-refractivity contribution in [3.8, 4) is 5.75 Å². The highest BCUT2D eigenvalue weighted by Gasteiger charge is 2.06. The third-order valence-electron chi connectivity index (χ3n) is 4.68. The molecule has 0 bridgehead atoms. The van der Waals surface area contributed by atoms with E-state index in [9.17, 15) is 14.9 Å². The lowest BCUT2D eigenvalue weighted by molar-refractivity contribution is -0.384. The summed E-state index contributed by atoms with van der Waals surface area (Å²) in [4.78, 5) is 22.3. The number of nitro groups is 1. The molecule has 0 radical (unpaired) electrons. The van der Waals surface area contributed by atoms with Crippen LogP contribution in [0.1, 0.15) is 27.8 Å². The molecular weight excluding hydrogens is 394 g/mol. The van der Waals surface area contributed by atoms with Crippen molar-refractivity contribution in [3.63, 3.8) is 0 Å². The van der Waals surface area contributed by atoms with E-state index in [1.54, 1.807) is 30.5 Å². The molecule has 3 rings (SSSR count). The molecule has 1 amide bonds. The number of benzene rings is 3. The second kappa shape index (κ2) is 10.2. The Balaban J connectivity index is 1.47. The average molecular weight is 417 g/mol. The van der Waals surface area contributed by atoms with Gasteiger partial charge in [-0.3, -0.25) is 14.9 Å². The second-order valence-electron chi connectivity index (χ2n) is 7.18. The van der Waals surface area contributed by atoms with Crippen molar-refractivity contribution in [2.75, 3.05) is 0 Å². The van der Waals surface area contributed by atoms with Gasteiger partial charge >= 0.3 is 0 Å². The summed E-state index contributed by atoms with van der Waals surface area (Å²) in [5, 5.41) is 14.7. The maximum atomic E-state index is 12.1. The number of amides is 1. The maximum absolute atomic E-state index is 12.1. The number of aryl methyl sites for hydroxylation is 2. The molecule has 0 atom stereocenters. The number of nitro benzene ring substituents is 1. The number of rotatable bonds is 8. The van der Waals surface area contributed by atoms with Crippen molar-refractivity contribution < 1.29 is 14.5 Å². The van der Waals surface area contributed by atoms with E-state index in [0.29, 0.717) is 12.4 Å². The van der Waals surface area contributed by atoms with Crippen LogP contribution in [0.3, 0.4) is 0 Å². The molecule has 3 aromatic carbocycles. The Morgan fingerprint density at radius 3 is 2.42 bits per heavy atom. The molecule has 0 aliphatic carbocycles. The van der Waals surface area contributed by atoms with Crippen LogP contribution in [0.25, 0.3) is 0 Å². The third-order valence-corrected chi connectivity index (χ3v) is 4.68. The zero-order valence-electron chi connectivity index (χ0n) is 17.4. The summed E-state index contributed by atoms with van der Waals surface area (Å²) in [6, 6.07) is 19.5.